The van der Waals surface area contributed by atoms with Gasteiger partial charge in [0.05, 0.1) is 0 Å². The number of hydrogen-bond donors (Lipinski definition) is 0. The Balaban J connectivity index is 2.32. The summed E-state index contributed by atoms with van der Waals surface area (Å²) in [5, 5.41) is 0. The van der Waals surface area contributed by atoms with Crippen LogP contribution < -0.4 is 5.56 Å². The van der Waals surface area contributed by atoms with E-state index in [1.54, 1.807) is 9.47 Å². The first-order chi connectivity index (χ1) is 13.2. The van der Waals surface area contributed by atoms with Crippen LogP contribution in [0.15, 0.2) is 35.1 Å². The third kappa shape index (κ3) is 3.53. The Bertz CT molecular complexity index is 980. The molecule has 0 saturated heterocycles. The first-order valence-corrected chi connectivity index (χ1v) is 9.87. The van der Waals surface area contributed by atoms with Crippen LogP contribution in [0.3, 0.4) is 0 Å². The fourth-order valence-corrected chi connectivity index (χ4v) is 3.92. The molecule has 0 saturated carbocycles. The SMILES string of the molecule is CCN(CC)C(=O)c1cc2c(n(-c3ccc(C)cc3)c1=O)CC(C)(C)CC2=O. The highest BCUT2D eigenvalue weighted by atomic mass is 16.2. The van der Waals surface area contributed by atoms with Crippen molar-refractivity contribution >= 4 is 11.7 Å². The van der Waals surface area contributed by atoms with Crippen LogP contribution >= 0.6 is 0 Å². The van der Waals surface area contributed by atoms with E-state index < -0.39 is 0 Å². The van der Waals surface area contributed by atoms with E-state index in [1.165, 1.54) is 6.07 Å². The molecule has 0 N–H and O–H groups in total. The lowest BCUT2D eigenvalue weighted by atomic mass is 9.75. The van der Waals surface area contributed by atoms with Crippen molar-refractivity contribution in [2.75, 3.05) is 13.1 Å². The minimum Gasteiger partial charge on any atom is -0.339 e. The van der Waals surface area contributed by atoms with Gasteiger partial charge in [0, 0.05) is 36.5 Å². The summed E-state index contributed by atoms with van der Waals surface area (Å²) in [6.07, 6.45) is 1.02. The molecule has 5 heteroatoms. The van der Waals surface area contributed by atoms with E-state index in [4.69, 9.17) is 0 Å². The summed E-state index contributed by atoms with van der Waals surface area (Å²) in [7, 11) is 0. The zero-order chi connectivity index (χ0) is 20.6. The highest BCUT2D eigenvalue weighted by Gasteiger charge is 2.35. The molecule has 5 nitrogen and oxygen atoms in total. The van der Waals surface area contributed by atoms with Crippen LogP contribution in [-0.2, 0) is 6.42 Å². The van der Waals surface area contributed by atoms with Crippen LogP contribution in [0.2, 0.25) is 0 Å². The fraction of sp³-hybridized carbons (Fsp3) is 0.435. The van der Waals surface area contributed by atoms with Gasteiger partial charge in [-0.25, -0.2) is 0 Å². The second-order valence-electron chi connectivity index (χ2n) is 8.31. The number of benzene rings is 1. The quantitative estimate of drug-likeness (QED) is 0.811. The summed E-state index contributed by atoms with van der Waals surface area (Å²) >= 11 is 0. The molecule has 0 atom stereocenters. The van der Waals surface area contributed by atoms with Crippen LogP contribution in [0.4, 0.5) is 0 Å². The van der Waals surface area contributed by atoms with E-state index in [0.717, 1.165) is 5.56 Å². The van der Waals surface area contributed by atoms with Crippen LogP contribution in [0.5, 0.6) is 0 Å². The topological polar surface area (TPSA) is 59.4 Å². The van der Waals surface area contributed by atoms with E-state index >= 15 is 0 Å². The van der Waals surface area contributed by atoms with Crippen LogP contribution in [0.25, 0.3) is 5.69 Å². The molecule has 0 radical (unpaired) electrons. The van der Waals surface area contributed by atoms with Crippen molar-refractivity contribution in [3.63, 3.8) is 0 Å². The Labute approximate surface area is 166 Å². The van der Waals surface area contributed by atoms with Crippen molar-refractivity contribution in [2.45, 2.75) is 47.5 Å². The maximum Gasteiger partial charge on any atom is 0.268 e. The largest absolute Gasteiger partial charge is 0.339 e. The maximum atomic E-state index is 13.4. The minimum atomic E-state index is -0.356. The molecule has 0 fully saturated rings. The standard InChI is InChI=1S/C23H28N2O3/c1-6-24(7-2)21(27)18-12-17-19(13-23(4,5)14-20(17)26)25(22(18)28)16-10-8-15(3)9-11-16/h8-12H,6-7,13-14H2,1-5H3. The van der Waals surface area contributed by atoms with Crippen molar-refractivity contribution in [2.24, 2.45) is 5.41 Å². The predicted octanol–water partition coefficient (Wildman–Crippen LogP) is 3.78. The van der Waals surface area contributed by atoms with Crippen molar-refractivity contribution in [3.05, 3.63) is 63.1 Å². The third-order valence-electron chi connectivity index (χ3n) is 5.46. The number of nitrogens with zero attached hydrogens (tertiary/aromatic N) is 2. The van der Waals surface area contributed by atoms with Crippen LogP contribution in [-0.4, -0.2) is 34.2 Å². The number of carbonyl (C=O) groups is 2. The summed E-state index contributed by atoms with van der Waals surface area (Å²) in [4.78, 5) is 40.9. The number of amides is 1. The van der Waals surface area contributed by atoms with E-state index in [1.807, 2.05) is 58.9 Å². The smallest absolute Gasteiger partial charge is 0.268 e. The molecule has 1 aliphatic carbocycles. The lowest BCUT2D eigenvalue weighted by Crippen LogP contribution is -2.40. The van der Waals surface area contributed by atoms with Crippen LogP contribution in [0.1, 0.15) is 66.1 Å². The van der Waals surface area contributed by atoms with Crippen LogP contribution in [0, 0.1) is 12.3 Å². The number of ketones is 1. The monoisotopic (exact) mass is 380 g/mol. The van der Waals surface area contributed by atoms with E-state index in [9.17, 15) is 14.4 Å². The zero-order valence-electron chi connectivity index (χ0n) is 17.3. The summed E-state index contributed by atoms with van der Waals surface area (Å²) in [5.41, 5.74) is 2.44. The molecule has 148 valence electrons. The van der Waals surface area contributed by atoms with Gasteiger partial charge in [-0.1, -0.05) is 31.5 Å². The molecule has 1 aromatic heterocycles. The average molecular weight is 380 g/mol. The molecule has 0 unspecified atom stereocenters. The first-order valence-electron chi connectivity index (χ1n) is 9.87. The van der Waals surface area contributed by atoms with Gasteiger partial charge in [-0.2, -0.15) is 0 Å². The molecule has 1 amide bonds. The number of Topliss-reactive ketones (excluding diaryl/α,β-unsaturated/α-hetero) is 1. The Morgan fingerprint density at radius 3 is 2.25 bits per heavy atom. The molecule has 1 aliphatic rings. The highest BCUT2D eigenvalue weighted by Crippen LogP contribution is 2.35. The Morgan fingerprint density at radius 2 is 1.68 bits per heavy atom. The number of carbonyl (C=O) groups excluding carboxylic acids is 2. The molecule has 2 aromatic rings. The first kappa shape index (κ1) is 20.1. The molecule has 3 rings (SSSR count). The van der Waals surface area contributed by atoms with Gasteiger partial charge in [-0.3, -0.25) is 19.0 Å². The second kappa shape index (κ2) is 7.38. The average Bonchev–Trinajstić information content (AvgIpc) is 2.62. The van der Waals surface area contributed by atoms with E-state index in [0.29, 0.717) is 42.9 Å². The van der Waals surface area contributed by atoms with Gasteiger partial charge in [-0.15, -0.1) is 0 Å². The number of pyridine rings is 1. The number of fused-ring (bicyclic) bond motifs is 1. The van der Waals surface area contributed by atoms with Gasteiger partial charge in [-0.05, 0) is 50.8 Å². The number of rotatable bonds is 4. The highest BCUT2D eigenvalue weighted by molar-refractivity contribution is 6.02. The molecule has 1 aromatic carbocycles. The van der Waals surface area contributed by atoms with E-state index in [2.05, 4.69) is 0 Å². The summed E-state index contributed by atoms with van der Waals surface area (Å²) in [5.74, 6) is -0.336. The maximum absolute atomic E-state index is 13.4. The fourth-order valence-electron chi connectivity index (χ4n) is 3.92. The summed E-state index contributed by atoms with van der Waals surface area (Å²) < 4.78 is 1.57. The molecular formula is C23H28N2O3. The summed E-state index contributed by atoms with van der Waals surface area (Å²) in [6, 6.07) is 9.13. The van der Waals surface area contributed by atoms with Gasteiger partial charge < -0.3 is 4.90 Å². The number of aryl methyl sites for hydroxylation is 1. The molecular weight excluding hydrogens is 352 g/mol. The Kier molecular flexibility index (Phi) is 5.28. The Hall–Kier alpha value is -2.69. The van der Waals surface area contributed by atoms with Gasteiger partial charge in [0.15, 0.2) is 5.78 Å². The molecule has 0 bridgehead atoms. The van der Waals surface area contributed by atoms with Gasteiger partial charge >= 0.3 is 0 Å². The van der Waals surface area contributed by atoms with Crippen molar-refractivity contribution in [1.82, 2.24) is 9.47 Å². The number of hydrogen-bond acceptors (Lipinski definition) is 3. The lowest BCUT2D eigenvalue weighted by molar-refractivity contribution is 0.0770. The van der Waals surface area contributed by atoms with Crippen molar-refractivity contribution in [1.29, 1.82) is 0 Å². The Morgan fingerprint density at radius 1 is 1.07 bits per heavy atom. The van der Waals surface area contributed by atoms with Crippen molar-refractivity contribution < 1.29 is 9.59 Å². The van der Waals surface area contributed by atoms with Gasteiger partial charge in [0.1, 0.15) is 5.56 Å². The molecule has 28 heavy (non-hydrogen) atoms. The minimum absolute atomic E-state index is 0.0132. The predicted molar refractivity (Wildman–Crippen MR) is 110 cm³/mol. The van der Waals surface area contributed by atoms with Crippen molar-refractivity contribution in [3.8, 4) is 5.69 Å². The summed E-state index contributed by atoms with van der Waals surface area (Å²) in [6.45, 7) is 10.8. The molecule has 1 heterocycles. The third-order valence-corrected chi connectivity index (χ3v) is 5.46. The lowest BCUT2D eigenvalue weighted by Gasteiger charge is -2.32. The number of aromatic nitrogens is 1. The van der Waals surface area contributed by atoms with Gasteiger partial charge in [0.2, 0.25) is 0 Å². The van der Waals surface area contributed by atoms with E-state index in [-0.39, 0.29) is 28.2 Å². The normalized spacial score (nSPS) is 15.2. The van der Waals surface area contributed by atoms with Gasteiger partial charge in [0.25, 0.3) is 11.5 Å². The second-order valence-corrected chi connectivity index (χ2v) is 8.31. The molecule has 0 spiro atoms. The zero-order valence-corrected chi connectivity index (χ0v) is 17.3. The molecule has 0 aliphatic heterocycles.